The molecule has 3 aromatic rings. The third-order valence-electron chi connectivity index (χ3n) is 3.52. The van der Waals surface area contributed by atoms with Crippen LogP contribution in [0.5, 0.6) is 11.5 Å². The second-order valence-electron chi connectivity index (χ2n) is 4.92. The minimum atomic E-state index is -0.485. The standard InChI is InChI=1S/C16H9BrFNO2/c17-10-1-2-14-12(5-10)15-9(7-21-14)3-8-4-11(18)6-13(20)16(8)19-15/h1-6,20H,7H2. The number of hydrogen-bond donors (Lipinski definition) is 1. The number of aromatic nitrogens is 1. The molecule has 1 N–H and O–H groups in total. The van der Waals surface area contributed by atoms with E-state index in [2.05, 4.69) is 20.9 Å². The number of phenols is 1. The molecule has 104 valence electrons. The molecule has 1 aliphatic heterocycles. The highest BCUT2D eigenvalue weighted by atomic mass is 79.9. The van der Waals surface area contributed by atoms with Gasteiger partial charge < -0.3 is 9.84 Å². The molecule has 0 spiro atoms. The first-order valence-electron chi connectivity index (χ1n) is 6.37. The number of fused-ring (bicyclic) bond motifs is 4. The van der Waals surface area contributed by atoms with Gasteiger partial charge in [-0.25, -0.2) is 9.37 Å². The summed E-state index contributed by atoms with van der Waals surface area (Å²) in [6, 6.07) is 9.94. The number of ether oxygens (including phenoxy) is 1. The van der Waals surface area contributed by atoms with Gasteiger partial charge >= 0.3 is 0 Å². The predicted octanol–water partition coefficient (Wildman–Crippen LogP) is 4.40. The first kappa shape index (κ1) is 12.6. The number of pyridine rings is 1. The highest BCUT2D eigenvalue weighted by molar-refractivity contribution is 9.10. The largest absolute Gasteiger partial charge is 0.506 e. The van der Waals surface area contributed by atoms with E-state index < -0.39 is 5.82 Å². The first-order valence-corrected chi connectivity index (χ1v) is 7.16. The van der Waals surface area contributed by atoms with Crippen LogP contribution in [0.15, 0.2) is 40.9 Å². The van der Waals surface area contributed by atoms with Gasteiger partial charge in [-0.05, 0) is 30.3 Å². The van der Waals surface area contributed by atoms with Crippen LogP contribution in [0, 0.1) is 5.82 Å². The maximum Gasteiger partial charge on any atom is 0.144 e. The monoisotopic (exact) mass is 345 g/mol. The van der Waals surface area contributed by atoms with E-state index in [1.165, 1.54) is 6.07 Å². The minimum Gasteiger partial charge on any atom is -0.506 e. The van der Waals surface area contributed by atoms with Crippen molar-refractivity contribution in [3.8, 4) is 22.8 Å². The molecule has 0 saturated carbocycles. The summed E-state index contributed by atoms with van der Waals surface area (Å²) in [4.78, 5) is 4.52. The molecule has 0 unspecified atom stereocenters. The van der Waals surface area contributed by atoms with Crippen molar-refractivity contribution in [2.45, 2.75) is 6.61 Å². The molecule has 21 heavy (non-hydrogen) atoms. The average molecular weight is 346 g/mol. The topological polar surface area (TPSA) is 42.4 Å². The molecule has 3 nitrogen and oxygen atoms in total. The van der Waals surface area contributed by atoms with Gasteiger partial charge in [0.05, 0.1) is 5.69 Å². The Kier molecular flexibility index (Phi) is 2.65. The van der Waals surface area contributed by atoms with Crippen LogP contribution < -0.4 is 4.74 Å². The highest BCUT2D eigenvalue weighted by Crippen LogP contribution is 2.40. The number of hydrogen-bond acceptors (Lipinski definition) is 3. The number of benzene rings is 2. The molecule has 0 amide bonds. The highest BCUT2D eigenvalue weighted by Gasteiger charge is 2.20. The Hall–Kier alpha value is -2.14. The van der Waals surface area contributed by atoms with Crippen molar-refractivity contribution in [2.24, 2.45) is 0 Å². The lowest BCUT2D eigenvalue weighted by atomic mass is 10.0. The van der Waals surface area contributed by atoms with Gasteiger partial charge in [0.1, 0.15) is 29.4 Å². The van der Waals surface area contributed by atoms with Crippen LogP contribution in [0.1, 0.15) is 5.56 Å². The summed E-state index contributed by atoms with van der Waals surface area (Å²) < 4.78 is 20.0. The van der Waals surface area contributed by atoms with E-state index in [1.807, 2.05) is 24.3 Å². The Labute approximate surface area is 128 Å². The van der Waals surface area contributed by atoms with Crippen molar-refractivity contribution in [3.05, 3.63) is 52.3 Å². The zero-order valence-corrected chi connectivity index (χ0v) is 12.3. The molecule has 1 aliphatic rings. The number of rotatable bonds is 0. The zero-order valence-electron chi connectivity index (χ0n) is 10.7. The number of phenolic OH excluding ortho intramolecular Hbond substituents is 1. The van der Waals surface area contributed by atoms with Crippen molar-refractivity contribution < 1.29 is 14.2 Å². The van der Waals surface area contributed by atoms with Crippen molar-refractivity contribution >= 4 is 26.8 Å². The molecule has 0 aliphatic carbocycles. The molecule has 0 saturated heterocycles. The second kappa shape index (κ2) is 4.43. The van der Waals surface area contributed by atoms with Crippen LogP contribution in [0.25, 0.3) is 22.2 Å². The van der Waals surface area contributed by atoms with Gasteiger partial charge in [-0.3, -0.25) is 0 Å². The predicted molar refractivity (Wildman–Crippen MR) is 80.8 cm³/mol. The number of nitrogens with zero attached hydrogens (tertiary/aromatic N) is 1. The van der Waals surface area contributed by atoms with Gasteiger partial charge in [0.2, 0.25) is 0 Å². The fraction of sp³-hybridized carbons (Fsp3) is 0.0625. The van der Waals surface area contributed by atoms with Crippen LogP contribution in [0.2, 0.25) is 0 Å². The fourth-order valence-electron chi connectivity index (χ4n) is 2.59. The molecular weight excluding hydrogens is 337 g/mol. The molecule has 0 bridgehead atoms. The van der Waals surface area contributed by atoms with E-state index in [1.54, 1.807) is 0 Å². The van der Waals surface area contributed by atoms with E-state index in [-0.39, 0.29) is 5.75 Å². The van der Waals surface area contributed by atoms with Crippen molar-refractivity contribution in [1.82, 2.24) is 4.98 Å². The van der Waals surface area contributed by atoms with E-state index in [0.29, 0.717) is 17.5 Å². The molecule has 5 heteroatoms. The maximum atomic E-state index is 13.4. The minimum absolute atomic E-state index is 0.157. The average Bonchev–Trinajstić information content (AvgIpc) is 2.45. The van der Waals surface area contributed by atoms with Gasteiger partial charge in [-0.1, -0.05) is 15.9 Å². The SMILES string of the molecule is Oc1cc(F)cc2cc3c(nc12)-c1cc(Br)ccc1OC3. The third kappa shape index (κ3) is 1.96. The van der Waals surface area contributed by atoms with Gasteiger partial charge in [0.15, 0.2) is 0 Å². The molecule has 2 heterocycles. The Morgan fingerprint density at radius 1 is 1.19 bits per heavy atom. The summed E-state index contributed by atoms with van der Waals surface area (Å²) in [6.45, 7) is 0.379. The normalized spacial score (nSPS) is 12.7. The molecule has 1 aromatic heterocycles. The summed E-state index contributed by atoms with van der Waals surface area (Å²) >= 11 is 3.43. The Balaban J connectivity index is 2.05. The maximum absolute atomic E-state index is 13.4. The lowest BCUT2D eigenvalue weighted by Crippen LogP contribution is -2.07. The first-order chi connectivity index (χ1) is 10.1. The molecule has 4 rings (SSSR count). The zero-order chi connectivity index (χ0) is 14.6. The quantitative estimate of drug-likeness (QED) is 0.656. The molecule has 0 atom stereocenters. The van der Waals surface area contributed by atoms with Crippen molar-refractivity contribution in [1.29, 1.82) is 0 Å². The van der Waals surface area contributed by atoms with Crippen molar-refractivity contribution in [3.63, 3.8) is 0 Å². The van der Waals surface area contributed by atoms with Crippen molar-refractivity contribution in [2.75, 3.05) is 0 Å². The molecule has 2 aromatic carbocycles. The van der Waals surface area contributed by atoms with Gasteiger partial charge in [0.25, 0.3) is 0 Å². The summed E-state index contributed by atoms with van der Waals surface area (Å²) in [5.41, 5.74) is 2.88. The molecule has 0 radical (unpaired) electrons. The summed E-state index contributed by atoms with van der Waals surface area (Å²) in [5.74, 6) is 0.108. The molecule has 0 fully saturated rings. The van der Waals surface area contributed by atoms with Crippen LogP contribution in [-0.2, 0) is 6.61 Å². The Bertz CT molecular complexity index is 895. The van der Waals surface area contributed by atoms with Gasteiger partial charge in [0, 0.05) is 27.1 Å². The lowest BCUT2D eigenvalue weighted by Gasteiger charge is -2.21. The Morgan fingerprint density at radius 2 is 2.05 bits per heavy atom. The summed E-state index contributed by atoms with van der Waals surface area (Å²) in [7, 11) is 0. The Morgan fingerprint density at radius 3 is 2.90 bits per heavy atom. The summed E-state index contributed by atoms with van der Waals surface area (Å²) in [6.07, 6.45) is 0. The van der Waals surface area contributed by atoms with E-state index in [9.17, 15) is 9.50 Å². The number of aromatic hydroxyl groups is 1. The van der Waals surface area contributed by atoms with Crippen LogP contribution in [0.3, 0.4) is 0 Å². The van der Waals surface area contributed by atoms with E-state index in [0.717, 1.165) is 33.1 Å². The van der Waals surface area contributed by atoms with Crippen LogP contribution in [0.4, 0.5) is 4.39 Å². The van der Waals surface area contributed by atoms with Crippen LogP contribution >= 0.6 is 15.9 Å². The smallest absolute Gasteiger partial charge is 0.144 e. The number of halogens is 2. The third-order valence-corrected chi connectivity index (χ3v) is 4.01. The van der Waals surface area contributed by atoms with Gasteiger partial charge in [-0.2, -0.15) is 0 Å². The van der Waals surface area contributed by atoms with E-state index >= 15 is 0 Å². The van der Waals surface area contributed by atoms with Crippen LogP contribution in [-0.4, -0.2) is 10.1 Å². The fourth-order valence-corrected chi connectivity index (χ4v) is 2.95. The van der Waals surface area contributed by atoms with Gasteiger partial charge in [-0.15, -0.1) is 0 Å². The van der Waals surface area contributed by atoms with E-state index in [4.69, 9.17) is 4.74 Å². The lowest BCUT2D eigenvalue weighted by molar-refractivity contribution is 0.301. The molecular formula is C16H9BrFNO2. The summed E-state index contributed by atoms with van der Waals surface area (Å²) in [5, 5.41) is 10.5. The second-order valence-corrected chi connectivity index (χ2v) is 5.84.